The van der Waals surface area contributed by atoms with E-state index in [0.717, 1.165) is 0 Å². The molecule has 0 unspecified atom stereocenters. The molecule has 1 heteroatoms. The molecule has 0 amide bonds. The van der Waals surface area contributed by atoms with Crippen molar-refractivity contribution in [1.29, 1.82) is 0 Å². The van der Waals surface area contributed by atoms with E-state index in [1.807, 2.05) is 27.7 Å². The Kier molecular flexibility index (Phi) is 3.48. The molecule has 12 heavy (non-hydrogen) atoms. The number of carbonyl (C=O) groups is 1. The molecule has 0 aliphatic carbocycles. The fraction of sp³-hybridized carbons (Fsp3) is 0.636. The van der Waals surface area contributed by atoms with Crippen molar-refractivity contribution in [2.75, 3.05) is 0 Å². The summed E-state index contributed by atoms with van der Waals surface area (Å²) in [6.45, 7) is 13.3. The zero-order chi connectivity index (χ0) is 9.94. The lowest BCUT2D eigenvalue weighted by Crippen LogP contribution is -2.30. The standard InChI is InChI=1S/C11H18O/c1-7-9(4)10(12)11(5,6)8(2)3/h8H,1H2,2-6H3. The minimum atomic E-state index is -0.297. The van der Waals surface area contributed by atoms with Gasteiger partial charge in [-0.3, -0.25) is 4.79 Å². The van der Waals surface area contributed by atoms with Crippen LogP contribution in [-0.4, -0.2) is 5.78 Å². The molecule has 0 spiro atoms. The smallest absolute Gasteiger partial charge is 0.172 e. The predicted octanol–water partition coefficient (Wildman–Crippen LogP) is 2.97. The summed E-state index contributed by atoms with van der Waals surface area (Å²) in [5.74, 6) is 0.487. The van der Waals surface area contributed by atoms with Crippen LogP contribution in [0.25, 0.3) is 0 Å². The normalized spacial score (nSPS) is 11.2. The zero-order valence-corrected chi connectivity index (χ0v) is 8.69. The summed E-state index contributed by atoms with van der Waals surface area (Å²) >= 11 is 0. The molecule has 0 aromatic carbocycles. The van der Waals surface area contributed by atoms with E-state index in [4.69, 9.17) is 0 Å². The van der Waals surface area contributed by atoms with Crippen molar-refractivity contribution in [3.8, 4) is 0 Å². The van der Waals surface area contributed by atoms with Gasteiger partial charge in [0.25, 0.3) is 0 Å². The average Bonchev–Trinajstić information content (AvgIpc) is 2.01. The topological polar surface area (TPSA) is 17.1 Å². The van der Waals surface area contributed by atoms with Gasteiger partial charge in [0, 0.05) is 11.0 Å². The van der Waals surface area contributed by atoms with Crippen LogP contribution >= 0.6 is 0 Å². The van der Waals surface area contributed by atoms with Crippen LogP contribution < -0.4 is 0 Å². The molecule has 1 nitrogen and oxygen atoms in total. The fourth-order valence-electron chi connectivity index (χ4n) is 0.826. The van der Waals surface area contributed by atoms with E-state index in [9.17, 15) is 4.79 Å². The predicted molar refractivity (Wildman–Crippen MR) is 52.0 cm³/mol. The lowest BCUT2D eigenvalue weighted by Gasteiger charge is -2.27. The van der Waals surface area contributed by atoms with Crippen molar-refractivity contribution in [1.82, 2.24) is 0 Å². The van der Waals surface area contributed by atoms with Crippen LogP contribution in [0.2, 0.25) is 0 Å². The van der Waals surface area contributed by atoms with Gasteiger partial charge in [-0.15, -0.1) is 5.73 Å². The van der Waals surface area contributed by atoms with E-state index in [0.29, 0.717) is 11.5 Å². The first kappa shape index (κ1) is 11.2. The molecule has 0 radical (unpaired) electrons. The van der Waals surface area contributed by atoms with Gasteiger partial charge in [-0.1, -0.05) is 34.3 Å². The molecule has 0 aromatic rings. The molecule has 0 aromatic heterocycles. The maximum absolute atomic E-state index is 11.7. The van der Waals surface area contributed by atoms with Gasteiger partial charge in [0.1, 0.15) is 0 Å². The first-order chi connectivity index (χ1) is 5.34. The van der Waals surface area contributed by atoms with Gasteiger partial charge in [0.15, 0.2) is 5.78 Å². The Labute approximate surface area is 75.2 Å². The highest BCUT2D eigenvalue weighted by atomic mass is 16.1. The highest BCUT2D eigenvalue weighted by Crippen LogP contribution is 2.29. The van der Waals surface area contributed by atoms with Crippen LogP contribution in [0.5, 0.6) is 0 Å². The van der Waals surface area contributed by atoms with Crippen molar-refractivity contribution in [2.45, 2.75) is 34.6 Å². The second kappa shape index (κ2) is 3.73. The summed E-state index contributed by atoms with van der Waals surface area (Å²) < 4.78 is 0. The summed E-state index contributed by atoms with van der Waals surface area (Å²) in [5, 5.41) is 0. The van der Waals surface area contributed by atoms with E-state index in [1.165, 1.54) is 0 Å². The minimum Gasteiger partial charge on any atom is -0.293 e. The molecule has 0 atom stereocenters. The third-order valence-corrected chi connectivity index (χ3v) is 2.63. The van der Waals surface area contributed by atoms with Crippen molar-refractivity contribution in [3.05, 3.63) is 17.9 Å². The monoisotopic (exact) mass is 166 g/mol. The highest BCUT2D eigenvalue weighted by Gasteiger charge is 2.31. The molecule has 0 N–H and O–H groups in total. The number of rotatable bonds is 3. The number of Topliss-reactive ketones (excluding diaryl/α,β-unsaturated/α-hetero) is 1. The van der Waals surface area contributed by atoms with Crippen LogP contribution in [0, 0.1) is 11.3 Å². The summed E-state index contributed by atoms with van der Waals surface area (Å²) in [7, 11) is 0. The maximum atomic E-state index is 11.7. The lowest BCUT2D eigenvalue weighted by atomic mass is 9.75. The Balaban J connectivity index is 4.81. The molecule has 0 saturated carbocycles. The Bertz CT molecular complexity index is 227. The van der Waals surface area contributed by atoms with Gasteiger partial charge in [-0.25, -0.2) is 0 Å². The van der Waals surface area contributed by atoms with Crippen molar-refractivity contribution in [2.24, 2.45) is 11.3 Å². The quantitative estimate of drug-likeness (QED) is 0.465. The van der Waals surface area contributed by atoms with Gasteiger partial charge >= 0.3 is 0 Å². The van der Waals surface area contributed by atoms with E-state index in [2.05, 4.69) is 12.3 Å². The number of allylic oxidation sites excluding steroid dienone is 1. The second-order valence-electron chi connectivity index (χ2n) is 4.01. The van der Waals surface area contributed by atoms with Gasteiger partial charge < -0.3 is 0 Å². The molecule has 0 aliphatic heterocycles. The molecule has 0 rings (SSSR count). The van der Waals surface area contributed by atoms with Crippen molar-refractivity contribution in [3.63, 3.8) is 0 Å². The minimum absolute atomic E-state index is 0.146. The second-order valence-corrected chi connectivity index (χ2v) is 4.01. The zero-order valence-electron chi connectivity index (χ0n) is 8.69. The Morgan fingerprint density at radius 3 is 2.08 bits per heavy atom. The molecule has 0 bridgehead atoms. The fourth-order valence-corrected chi connectivity index (χ4v) is 0.826. The van der Waals surface area contributed by atoms with Crippen LogP contribution in [0.4, 0.5) is 0 Å². The maximum Gasteiger partial charge on any atom is 0.172 e. The lowest BCUT2D eigenvalue weighted by molar-refractivity contribution is -0.125. The van der Waals surface area contributed by atoms with Gasteiger partial charge in [0.05, 0.1) is 0 Å². The molecule has 0 heterocycles. The van der Waals surface area contributed by atoms with E-state index in [-0.39, 0.29) is 11.2 Å². The summed E-state index contributed by atoms with van der Waals surface area (Å²) in [6.07, 6.45) is 0. The number of carbonyl (C=O) groups excluding carboxylic acids is 1. The van der Waals surface area contributed by atoms with Gasteiger partial charge in [-0.05, 0) is 12.8 Å². The third kappa shape index (κ3) is 2.09. The third-order valence-electron chi connectivity index (χ3n) is 2.63. The van der Waals surface area contributed by atoms with Gasteiger partial charge in [-0.2, -0.15) is 0 Å². The molecule has 0 saturated heterocycles. The van der Waals surface area contributed by atoms with Crippen LogP contribution in [0.1, 0.15) is 34.6 Å². The van der Waals surface area contributed by atoms with E-state index >= 15 is 0 Å². The van der Waals surface area contributed by atoms with E-state index in [1.54, 1.807) is 6.92 Å². The first-order valence-corrected chi connectivity index (χ1v) is 4.25. The number of ketones is 1. The van der Waals surface area contributed by atoms with Crippen molar-refractivity contribution >= 4 is 5.78 Å². The summed E-state index contributed by atoms with van der Waals surface area (Å²) in [6, 6.07) is 0. The largest absolute Gasteiger partial charge is 0.293 e. The van der Waals surface area contributed by atoms with Crippen molar-refractivity contribution < 1.29 is 4.79 Å². The first-order valence-electron chi connectivity index (χ1n) is 4.25. The van der Waals surface area contributed by atoms with Crippen LogP contribution in [0.3, 0.4) is 0 Å². The van der Waals surface area contributed by atoms with Crippen LogP contribution in [-0.2, 0) is 4.79 Å². The molecule has 0 fully saturated rings. The summed E-state index contributed by atoms with van der Waals surface area (Å²) in [5.41, 5.74) is 2.98. The van der Waals surface area contributed by atoms with Gasteiger partial charge in [0.2, 0.25) is 0 Å². The Morgan fingerprint density at radius 2 is 1.83 bits per heavy atom. The Hall–Kier alpha value is -0.810. The SMILES string of the molecule is C=C=C(C)C(=O)C(C)(C)C(C)C. The molecular formula is C11H18O. The molecule has 68 valence electrons. The highest BCUT2D eigenvalue weighted by molar-refractivity contribution is 5.98. The summed E-state index contributed by atoms with van der Waals surface area (Å²) in [4.78, 5) is 11.7. The van der Waals surface area contributed by atoms with Crippen LogP contribution in [0.15, 0.2) is 17.9 Å². The molecular weight excluding hydrogens is 148 g/mol. The number of hydrogen-bond donors (Lipinski definition) is 0. The molecule has 0 aliphatic rings. The number of hydrogen-bond acceptors (Lipinski definition) is 1. The average molecular weight is 166 g/mol. The van der Waals surface area contributed by atoms with E-state index < -0.39 is 0 Å². The Morgan fingerprint density at radius 1 is 1.42 bits per heavy atom.